The molecule has 0 radical (unpaired) electrons. The lowest BCUT2D eigenvalue weighted by Crippen LogP contribution is -2.23. The van der Waals surface area contributed by atoms with Gasteiger partial charge in [-0.25, -0.2) is 0 Å². The molecule has 0 saturated carbocycles. The van der Waals surface area contributed by atoms with Gasteiger partial charge in [0.25, 0.3) is 17.4 Å². The lowest BCUT2D eigenvalue weighted by Gasteiger charge is -2.07. The van der Waals surface area contributed by atoms with Gasteiger partial charge < -0.3 is 14.6 Å². The first-order valence-corrected chi connectivity index (χ1v) is 10.6. The summed E-state index contributed by atoms with van der Waals surface area (Å²) in [5, 5.41) is 14.2. The highest BCUT2D eigenvalue weighted by Gasteiger charge is 2.24. The van der Waals surface area contributed by atoms with E-state index in [4.69, 9.17) is 27.9 Å². The number of rotatable bonds is 7. The van der Waals surface area contributed by atoms with Crippen molar-refractivity contribution in [3.63, 3.8) is 0 Å². The topological polar surface area (TPSA) is 116 Å². The number of carbonyl (C=O) groups excluding carboxylic acids is 2. The van der Waals surface area contributed by atoms with Crippen LogP contribution in [0.4, 0.5) is 11.4 Å². The summed E-state index contributed by atoms with van der Waals surface area (Å²) >= 11 is 12.1. The number of nitro benzene ring substituents is 1. The van der Waals surface area contributed by atoms with Crippen LogP contribution in [0.2, 0.25) is 10.0 Å². The Bertz CT molecular complexity index is 1430. The van der Waals surface area contributed by atoms with Gasteiger partial charge in [-0.3, -0.25) is 24.7 Å². The van der Waals surface area contributed by atoms with Crippen LogP contribution in [0.5, 0.6) is 5.75 Å². The number of hydrogen-bond donors (Lipinski definition) is 1. The molecule has 0 atom stereocenters. The third-order valence-corrected chi connectivity index (χ3v) is 5.68. The van der Waals surface area contributed by atoms with E-state index >= 15 is 0 Å². The van der Waals surface area contributed by atoms with Gasteiger partial charge in [0.05, 0.1) is 33.3 Å². The Hall–Kier alpha value is -3.95. The van der Waals surface area contributed by atoms with Crippen LogP contribution in [-0.4, -0.2) is 33.3 Å². The Morgan fingerprint density at radius 2 is 1.88 bits per heavy atom. The highest BCUT2D eigenvalue weighted by Crippen LogP contribution is 2.30. The van der Waals surface area contributed by atoms with Crippen LogP contribution in [0.25, 0.3) is 10.9 Å². The van der Waals surface area contributed by atoms with Crippen LogP contribution in [0.3, 0.4) is 0 Å². The maximum atomic E-state index is 13.1. The molecule has 0 aliphatic heterocycles. The quantitative estimate of drug-likeness (QED) is 0.163. The molecule has 2 aromatic heterocycles. The molecule has 1 amide bonds. The maximum Gasteiger partial charge on any atom is 0.296 e. The molecule has 11 heteroatoms. The number of ketones is 1. The minimum Gasteiger partial charge on any atom is -0.497 e. The van der Waals surface area contributed by atoms with E-state index in [9.17, 15) is 19.7 Å². The van der Waals surface area contributed by atoms with Crippen LogP contribution in [0.1, 0.15) is 15.9 Å². The number of nitro groups is 1. The predicted molar refractivity (Wildman–Crippen MR) is 128 cm³/mol. The fourth-order valence-corrected chi connectivity index (χ4v) is 3.96. The van der Waals surface area contributed by atoms with E-state index in [0.717, 1.165) is 0 Å². The van der Waals surface area contributed by atoms with Crippen LogP contribution in [0.15, 0.2) is 61.1 Å². The van der Waals surface area contributed by atoms with Gasteiger partial charge in [-0.2, -0.15) is 0 Å². The summed E-state index contributed by atoms with van der Waals surface area (Å²) in [6.07, 6.45) is 4.12. The molecule has 0 saturated heterocycles. The van der Waals surface area contributed by atoms with E-state index in [-0.39, 0.29) is 33.5 Å². The number of Topliss-reactive ketones (excluding diaryl/α,β-unsaturated/α-hetero) is 1. The van der Waals surface area contributed by atoms with E-state index < -0.39 is 16.6 Å². The number of halogens is 2. The number of aromatic nitrogens is 2. The van der Waals surface area contributed by atoms with Gasteiger partial charge in [-0.15, -0.1) is 0 Å². The molecule has 2 heterocycles. The SMILES string of the molecule is COc1ccc2c(c1)c(C(=O)C(=O)Nc1c(Cl)cncc1Cl)cn2Cc1cccc([N+](=O)[O-])c1. The molecular formula is C23H16Cl2N4O5. The average Bonchev–Trinajstić information content (AvgIpc) is 3.18. The van der Waals surface area contributed by atoms with E-state index in [1.807, 2.05) is 0 Å². The van der Waals surface area contributed by atoms with Crippen LogP contribution in [-0.2, 0) is 11.3 Å². The van der Waals surface area contributed by atoms with E-state index in [0.29, 0.717) is 22.2 Å². The number of amides is 1. The van der Waals surface area contributed by atoms with Gasteiger partial charge in [0.1, 0.15) is 5.75 Å². The highest BCUT2D eigenvalue weighted by atomic mass is 35.5. The third kappa shape index (κ3) is 4.57. The van der Waals surface area contributed by atoms with Crippen molar-refractivity contribution in [2.75, 3.05) is 12.4 Å². The van der Waals surface area contributed by atoms with Gasteiger partial charge in [0.15, 0.2) is 0 Å². The summed E-state index contributed by atoms with van der Waals surface area (Å²) in [4.78, 5) is 40.4. The van der Waals surface area contributed by atoms with Crippen LogP contribution < -0.4 is 10.1 Å². The maximum absolute atomic E-state index is 13.1. The molecule has 0 unspecified atom stereocenters. The summed E-state index contributed by atoms with van der Waals surface area (Å²) in [5.74, 6) is -1.26. The number of fused-ring (bicyclic) bond motifs is 1. The van der Waals surface area contributed by atoms with E-state index in [1.165, 1.54) is 37.8 Å². The summed E-state index contributed by atoms with van der Waals surface area (Å²) < 4.78 is 7.01. The largest absolute Gasteiger partial charge is 0.497 e. The number of methoxy groups -OCH3 is 1. The number of benzene rings is 2. The second kappa shape index (κ2) is 9.50. The summed E-state index contributed by atoms with van der Waals surface area (Å²) in [7, 11) is 1.49. The Labute approximate surface area is 203 Å². The number of hydrogen-bond acceptors (Lipinski definition) is 6. The minimum atomic E-state index is -0.938. The van der Waals surface area contributed by atoms with Gasteiger partial charge >= 0.3 is 0 Å². The molecule has 0 bridgehead atoms. The van der Waals surface area contributed by atoms with E-state index in [2.05, 4.69) is 10.3 Å². The molecule has 0 fully saturated rings. The fourth-order valence-electron chi connectivity index (χ4n) is 3.50. The van der Waals surface area contributed by atoms with Gasteiger partial charge in [0, 0.05) is 48.2 Å². The molecule has 172 valence electrons. The van der Waals surface area contributed by atoms with Gasteiger partial charge in [0.2, 0.25) is 0 Å². The lowest BCUT2D eigenvalue weighted by atomic mass is 10.1. The normalized spacial score (nSPS) is 10.8. The zero-order valence-corrected chi connectivity index (χ0v) is 19.1. The molecule has 1 N–H and O–H groups in total. The first-order chi connectivity index (χ1) is 16.3. The Balaban J connectivity index is 1.73. The molecule has 34 heavy (non-hydrogen) atoms. The number of pyridine rings is 1. The van der Waals surface area contributed by atoms with Crippen molar-refractivity contribution in [3.05, 3.63) is 92.3 Å². The molecule has 0 aliphatic carbocycles. The highest BCUT2D eigenvalue weighted by molar-refractivity contribution is 6.50. The molecule has 4 rings (SSSR count). The summed E-state index contributed by atoms with van der Waals surface area (Å²) in [5.41, 5.74) is 1.45. The van der Waals surface area contributed by atoms with Crippen molar-refractivity contribution in [2.24, 2.45) is 0 Å². The first-order valence-electron chi connectivity index (χ1n) is 9.83. The zero-order chi connectivity index (χ0) is 24.4. The zero-order valence-electron chi connectivity index (χ0n) is 17.6. The minimum absolute atomic E-state index is 0.0441. The smallest absolute Gasteiger partial charge is 0.296 e. The second-order valence-corrected chi connectivity index (χ2v) is 8.06. The van der Waals surface area contributed by atoms with Gasteiger partial charge in [-0.05, 0) is 23.8 Å². The Kier molecular flexibility index (Phi) is 6.49. The molecule has 0 spiro atoms. The first kappa shape index (κ1) is 23.2. The van der Waals surface area contributed by atoms with Crippen molar-refractivity contribution in [1.82, 2.24) is 9.55 Å². The number of anilines is 1. The fraction of sp³-hybridized carbons (Fsp3) is 0.0870. The molecular weight excluding hydrogens is 483 g/mol. The monoisotopic (exact) mass is 498 g/mol. The van der Waals surface area contributed by atoms with Crippen molar-refractivity contribution in [1.29, 1.82) is 0 Å². The van der Waals surface area contributed by atoms with Crippen LogP contribution in [0, 0.1) is 10.1 Å². The number of ether oxygens (including phenoxy) is 1. The van der Waals surface area contributed by atoms with Crippen molar-refractivity contribution >= 4 is 57.2 Å². The standard InChI is InChI=1S/C23H16Cl2N4O5/c1-34-15-5-6-20-16(8-15)17(12-28(20)11-13-3-2-4-14(7-13)29(32)33)22(30)23(31)27-21-18(24)9-26-10-19(21)25/h2-10,12H,11H2,1H3,(H,26,27,31). The second-order valence-electron chi connectivity index (χ2n) is 7.24. The van der Waals surface area contributed by atoms with E-state index in [1.54, 1.807) is 34.9 Å². The van der Waals surface area contributed by atoms with Crippen molar-refractivity contribution in [3.8, 4) is 5.75 Å². The Morgan fingerprint density at radius 3 is 2.56 bits per heavy atom. The van der Waals surface area contributed by atoms with Gasteiger partial charge in [-0.1, -0.05) is 35.3 Å². The molecule has 2 aromatic carbocycles. The Morgan fingerprint density at radius 1 is 1.15 bits per heavy atom. The molecule has 9 nitrogen and oxygen atoms in total. The summed E-state index contributed by atoms with van der Waals surface area (Å²) in [6.45, 7) is 0.238. The number of non-ortho nitro benzene ring substituents is 1. The summed E-state index contributed by atoms with van der Waals surface area (Å²) in [6, 6.07) is 11.3. The molecule has 0 aliphatic rings. The predicted octanol–water partition coefficient (Wildman–Crippen LogP) is 5.13. The molecule has 4 aromatic rings. The van der Waals surface area contributed by atoms with Crippen molar-refractivity contribution < 1.29 is 19.2 Å². The number of nitrogens with one attached hydrogen (secondary N) is 1. The third-order valence-electron chi connectivity index (χ3n) is 5.11. The lowest BCUT2D eigenvalue weighted by molar-refractivity contribution is -0.384. The average molecular weight is 499 g/mol. The number of carbonyl (C=O) groups is 2. The van der Waals surface area contributed by atoms with Crippen molar-refractivity contribution in [2.45, 2.75) is 6.54 Å². The van der Waals surface area contributed by atoms with Crippen LogP contribution >= 0.6 is 23.2 Å². The number of nitrogens with zero attached hydrogens (tertiary/aromatic N) is 3.